The fourth-order valence-corrected chi connectivity index (χ4v) is 0.901. The molecule has 0 bridgehead atoms. The molecule has 1 heterocycles. The maximum absolute atomic E-state index is 8.72. The Morgan fingerprint density at radius 2 is 2.21 bits per heavy atom. The van der Waals surface area contributed by atoms with Crippen LogP contribution in [0.3, 0.4) is 0 Å². The van der Waals surface area contributed by atoms with E-state index in [-0.39, 0.29) is 0 Å². The Labute approximate surface area is 83.3 Å². The van der Waals surface area contributed by atoms with Crippen molar-refractivity contribution in [2.24, 2.45) is 0 Å². The molecule has 1 N–H and O–H groups in total. The van der Waals surface area contributed by atoms with Crippen molar-refractivity contribution in [1.82, 2.24) is 9.97 Å². The summed E-state index contributed by atoms with van der Waals surface area (Å²) in [6.07, 6.45) is 5.09. The zero-order valence-electron chi connectivity index (χ0n) is 8.28. The Kier molecular flexibility index (Phi) is 3.62. The van der Waals surface area contributed by atoms with Crippen LogP contribution < -0.4 is 5.32 Å². The fourth-order valence-electron chi connectivity index (χ4n) is 0.901. The van der Waals surface area contributed by atoms with Crippen LogP contribution in [0.4, 0.5) is 5.82 Å². The van der Waals surface area contributed by atoms with Crippen LogP contribution in [0, 0.1) is 11.3 Å². The predicted octanol–water partition coefficient (Wildman–Crippen LogP) is 1.73. The number of aromatic nitrogens is 2. The van der Waals surface area contributed by atoms with Crippen LogP contribution in [0.25, 0.3) is 0 Å². The minimum atomic E-state index is 0.328. The van der Waals surface area contributed by atoms with Gasteiger partial charge < -0.3 is 5.32 Å². The smallest absolute Gasteiger partial charge is 0.182 e. The molecular formula is C10H12N4. The molecule has 14 heavy (non-hydrogen) atoms. The molecule has 0 atom stereocenters. The first-order valence-corrected chi connectivity index (χ1v) is 4.32. The molecule has 0 radical (unpaired) electrons. The summed E-state index contributed by atoms with van der Waals surface area (Å²) in [4.78, 5) is 7.91. The van der Waals surface area contributed by atoms with Crippen LogP contribution in [0.1, 0.15) is 19.5 Å². The summed E-state index contributed by atoms with van der Waals surface area (Å²) >= 11 is 0. The molecule has 4 heteroatoms. The van der Waals surface area contributed by atoms with Crippen molar-refractivity contribution < 1.29 is 0 Å². The number of anilines is 1. The first kappa shape index (κ1) is 10.2. The largest absolute Gasteiger partial charge is 0.364 e. The Bertz CT molecular complexity index is 372. The van der Waals surface area contributed by atoms with E-state index in [4.69, 9.17) is 5.26 Å². The minimum Gasteiger partial charge on any atom is -0.364 e. The Balaban J connectivity index is 2.68. The summed E-state index contributed by atoms with van der Waals surface area (Å²) in [5.74, 6) is 0.535. The molecule has 0 aliphatic heterocycles. The second-order valence-corrected chi connectivity index (χ2v) is 3.03. The van der Waals surface area contributed by atoms with Crippen LogP contribution >= 0.6 is 0 Å². The Hall–Kier alpha value is -1.89. The molecular weight excluding hydrogens is 176 g/mol. The lowest BCUT2D eigenvalue weighted by molar-refractivity contribution is 1.12. The van der Waals surface area contributed by atoms with E-state index in [0.717, 1.165) is 0 Å². The van der Waals surface area contributed by atoms with Gasteiger partial charge in [-0.1, -0.05) is 11.6 Å². The highest BCUT2D eigenvalue weighted by Crippen LogP contribution is 2.05. The van der Waals surface area contributed by atoms with Gasteiger partial charge in [0.1, 0.15) is 6.07 Å². The van der Waals surface area contributed by atoms with E-state index in [1.807, 2.05) is 26.0 Å². The third-order valence-electron chi connectivity index (χ3n) is 1.58. The Morgan fingerprint density at radius 3 is 2.86 bits per heavy atom. The number of hydrogen-bond donors (Lipinski definition) is 1. The third-order valence-corrected chi connectivity index (χ3v) is 1.58. The molecule has 0 spiro atoms. The van der Waals surface area contributed by atoms with Crippen molar-refractivity contribution >= 4 is 5.82 Å². The van der Waals surface area contributed by atoms with Crippen LogP contribution in [0.5, 0.6) is 0 Å². The van der Waals surface area contributed by atoms with Gasteiger partial charge in [-0.3, -0.25) is 0 Å². The predicted molar refractivity (Wildman–Crippen MR) is 54.7 cm³/mol. The van der Waals surface area contributed by atoms with Crippen LogP contribution in [-0.2, 0) is 0 Å². The van der Waals surface area contributed by atoms with Gasteiger partial charge >= 0.3 is 0 Å². The quantitative estimate of drug-likeness (QED) is 0.734. The van der Waals surface area contributed by atoms with Crippen molar-refractivity contribution in [2.75, 3.05) is 11.9 Å². The molecule has 0 aliphatic carbocycles. The van der Waals surface area contributed by atoms with Crippen LogP contribution in [-0.4, -0.2) is 16.5 Å². The Morgan fingerprint density at radius 1 is 1.50 bits per heavy atom. The lowest BCUT2D eigenvalue weighted by atomic mass is 10.3. The van der Waals surface area contributed by atoms with Gasteiger partial charge in [0.25, 0.3) is 0 Å². The van der Waals surface area contributed by atoms with Gasteiger partial charge in [-0.25, -0.2) is 9.97 Å². The first-order valence-electron chi connectivity index (χ1n) is 4.32. The fraction of sp³-hybridized carbons (Fsp3) is 0.300. The maximum atomic E-state index is 8.72. The van der Waals surface area contributed by atoms with Gasteiger partial charge in [-0.05, 0) is 13.8 Å². The minimum absolute atomic E-state index is 0.328. The number of nitrogens with one attached hydrogen (secondary N) is 1. The number of nitrogens with zero attached hydrogens (tertiary/aromatic N) is 3. The molecule has 4 nitrogen and oxygen atoms in total. The normalized spacial score (nSPS) is 8.93. The summed E-state index contributed by atoms with van der Waals surface area (Å²) < 4.78 is 0. The molecule has 1 rings (SSSR count). The summed E-state index contributed by atoms with van der Waals surface area (Å²) in [6.45, 7) is 4.70. The van der Waals surface area contributed by atoms with Crippen LogP contribution in [0.15, 0.2) is 24.0 Å². The molecule has 72 valence electrons. The second kappa shape index (κ2) is 4.97. The topological polar surface area (TPSA) is 61.6 Å². The van der Waals surface area contributed by atoms with Gasteiger partial charge in [-0.15, -0.1) is 0 Å². The van der Waals surface area contributed by atoms with Crippen molar-refractivity contribution in [2.45, 2.75) is 13.8 Å². The summed E-state index contributed by atoms with van der Waals surface area (Å²) in [5, 5.41) is 11.7. The average Bonchev–Trinajstić information content (AvgIpc) is 2.18. The van der Waals surface area contributed by atoms with E-state index >= 15 is 0 Å². The number of hydrogen-bond acceptors (Lipinski definition) is 4. The number of nitriles is 1. The van der Waals surface area contributed by atoms with E-state index in [0.29, 0.717) is 18.1 Å². The van der Waals surface area contributed by atoms with Crippen LogP contribution in [0.2, 0.25) is 0 Å². The monoisotopic (exact) mass is 188 g/mol. The lowest BCUT2D eigenvalue weighted by Crippen LogP contribution is -2.04. The standard InChI is InChI=1S/C10H12N4/c1-8(2)3-4-13-10-9(7-11)12-5-6-14-10/h3,5-6H,4H2,1-2H3,(H,13,14). The molecule has 0 amide bonds. The summed E-state index contributed by atoms with van der Waals surface area (Å²) in [5.41, 5.74) is 1.55. The maximum Gasteiger partial charge on any atom is 0.182 e. The van der Waals surface area contributed by atoms with E-state index in [1.54, 1.807) is 6.20 Å². The van der Waals surface area contributed by atoms with Crippen molar-refractivity contribution in [3.05, 3.63) is 29.7 Å². The van der Waals surface area contributed by atoms with Gasteiger partial charge in [0.15, 0.2) is 11.5 Å². The molecule has 1 aromatic rings. The van der Waals surface area contributed by atoms with Crippen molar-refractivity contribution in [3.8, 4) is 6.07 Å². The highest BCUT2D eigenvalue weighted by molar-refractivity contribution is 5.46. The van der Waals surface area contributed by atoms with Crippen molar-refractivity contribution in [1.29, 1.82) is 5.26 Å². The zero-order valence-corrected chi connectivity index (χ0v) is 8.28. The molecule has 1 aromatic heterocycles. The molecule has 0 aromatic carbocycles. The highest BCUT2D eigenvalue weighted by Gasteiger charge is 2.00. The molecule has 0 saturated heterocycles. The second-order valence-electron chi connectivity index (χ2n) is 3.03. The molecule has 0 fully saturated rings. The van der Waals surface area contributed by atoms with E-state index < -0.39 is 0 Å². The van der Waals surface area contributed by atoms with E-state index in [9.17, 15) is 0 Å². The van der Waals surface area contributed by atoms with Crippen molar-refractivity contribution in [3.63, 3.8) is 0 Å². The van der Waals surface area contributed by atoms with E-state index in [2.05, 4.69) is 15.3 Å². The highest BCUT2D eigenvalue weighted by atomic mass is 15.0. The number of allylic oxidation sites excluding steroid dienone is 1. The summed E-state index contributed by atoms with van der Waals surface area (Å²) in [6, 6.07) is 1.98. The number of rotatable bonds is 3. The van der Waals surface area contributed by atoms with Gasteiger partial charge in [0.2, 0.25) is 0 Å². The molecule has 0 saturated carbocycles. The average molecular weight is 188 g/mol. The van der Waals surface area contributed by atoms with Gasteiger partial charge in [0.05, 0.1) is 0 Å². The first-order chi connectivity index (χ1) is 6.74. The lowest BCUT2D eigenvalue weighted by Gasteiger charge is -2.02. The third kappa shape index (κ3) is 2.87. The molecule has 0 aliphatic rings. The SMILES string of the molecule is CC(C)=CCNc1nccnc1C#N. The van der Waals surface area contributed by atoms with E-state index in [1.165, 1.54) is 11.8 Å². The van der Waals surface area contributed by atoms with Gasteiger partial charge in [-0.2, -0.15) is 5.26 Å². The van der Waals surface area contributed by atoms with Gasteiger partial charge in [0, 0.05) is 18.9 Å². The molecule has 0 unspecified atom stereocenters. The zero-order chi connectivity index (χ0) is 10.4. The summed E-state index contributed by atoms with van der Waals surface area (Å²) in [7, 11) is 0.